The van der Waals surface area contributed by atoms with E-state index in [-0.39, 0.29) is 33.8 Å². The molecule has 0 bridgehead atoms. The van der Waals surface area contributed by atoms with Crippen molar-refractivity contribution in [2.24, 2.45) is 11.1 Å². The van der Waals surface area contributed by atoms with E-state index >= 15 is 4.39 Å². The van der Waals surface area contributed by atoms with Crippen LogP contribution in [0.1, 0.15) is 55.9 Å². The number of methoxy groups -OCH3 is 1. The molecule has 34 heavy (non-hydrogen) atoms. The second kappa shape index (κ2) is 9.16. The van der Waals surface area contributed by atoms with Crippen LogP contribution in [0.4, 0.5) is 10.1 Å². The molecule has 12 heteroatoms. The van der Waals surface area contributed by atoms with Crippen molar-refractivity contribution in [2.45, 2.75) is 51.7 Å². The molecular formula is C22H30FN3O7S. The number of fused-ring (bicyclic) bond motifs is 1. The molecule has 10 nitrogen and oxygen atoms in total. The van der Waals surface area contributed by atoms with Gasteiger partial charge in [-0.15, -0.1) is 0 Å². The van der Waals surface area contributed by atoms with Gasteiger partial charge in [0.05, 0.1) is 30.4 Å². The molecule has 4 N–H and O–H groups in total. The Bertz CT molecular complexity index is 1280. The average Bonchev–Trinajstić information content (AvgIpc) is 3.54. The van der Waals surface area contributed by atoms with Crippen LogP contribution in [0.3, 0.4) is 0 Å². The normalized spacial score (nSPS) is 20.0. The van der Waals surface area contributed by atoms with Crippen molar-refractivity contribution < 1.29 is 32.0 Å². The maximum atomic E-state index is 15.4. The Hall–Kier alpha value is -2.70. The van der Waals surface area contributed by atoms with Gasteiger partial charge in [0.1, 0.15) is 11.3 Å². The van der Waals surface area contributed by atoms with E-state index < -0.39 is 33.5 Å². The maximum absolute atomic E-state index is 15.4. The number of hydrogen-bond donors (Lipinski definition) is 3. The van der Waals surface area contributed by atoms with Gasteiger partial charge in [-0.25, -0.2) is 9.18 Å². The largest absolute Gasteiger partial charge is 0.492 e. The van der Waals surface area contributed by atoms with E-state index in [1.54, 1.807) is 4.57 Å². The lowest BCUT2D eigenvalue weighted by atomic mass is 9.80. The molecule has 188 valence electrons. The molecule has 1 aromatic heterocycles. The molecule has 0 radical (unpaired) electrons. The summed E-state index contributed by atoms with van der Waals surface area (Å²) in [5, 5.41) is 9.45. The van der Waals surface area contributed by atoms with Gasteiger partial charge in [-0.1, -0.05) is 13.8 Å². The highest BCUT2D eigenvalue weighted by atomic mass is 32.2. The highest BCUT2D eigenvalue weighted by molar-refractivity contribution is 7.85. The first-order valence-corrected chi connectivity index (χ1v) is 12.7. The van der Waals surface area contributed by atoms with Crippen molar-refractivity contribution in [3.63, 3.8) is 0 Å². The van der Waals surface area contributed by atoms with Gasteiger partial charge in [0.25, 0.3) is 10.1 Å². The van der Waals surface area contributed by atoms with Crippen molar-refractivity contribution in [3.05, 3.63) is 33.9 Å². The summed E-state index contributed by atoms with van der Waals surface area (Å²) >= 11 is 0. The van der Waals surface area contributed by atoms with E-state index in [1.165, 1.54) is 13.3 Å². The second-order valence-corrected chi connectivity index (χ2v) is 10.9. The number of pyridine rings is 1. The van der Waals surface area contributed by atoms with Crippen LogP contribution in [-0.4, -0.2) is 54.7 Å². The SMILES string of the molecule is COc1c(N2CCCC(C)(C)[C@H]2N)c(F)cc2c(=O)c(C(=O)O)cn(C3CC3)c12.CS(=O)(=O)O. The zero-order valence-electron chi connectivity index (χ0n) is 19.5. The highest BCUT2D eigenvalue weighted by Gasteiger charge is 2.39. The third kappa shape index (κ3) is 5.18. The maximum Gasteiger partial charge on any atom is 0.341 e. The molecule has 1 aliphatic heterocycles. The molecule has 2 aromatic rings. The Balaban J connectivity index is 0.000000588. The molecule has 2 heterocycles. The van der Waals surface area contributed by atoms with Crippen LogP contribution < -0.4 is 20.8 Å². The molecule has 4 rings (SSSR count). The predicted octanol–water partition coefficient (Wildman–Crippen LogP) is 2.60. The lowest BCUT2D eigenvalue weighted by Crippen LogP contribution is -2.55. The summed E-state index contributed by atoms with van der Waals surface area (Å²) < 4.78 is 48.6. The van der Waals surface area contributed by atoms with Gasteiger partial charge in [-0.05, 0) is 37.2 Å². The van der Waals surface area contributed by atoms with E-state index in [1.807, 2.05) is 4.90 Å². The Morgan fingerprint density at radius 3 is 2.41 bits per heavy atom. The van der Waals surface area contributed by atoms with E-state index in [2.05, 4.69) is 13.8 Å². The topological polar surface area (TPSA) is 152 Å². The molecule has 0 unspecified atom stereocenters. The van der Waals surface area contributed by atoms with E-state index in [0.29, 0.717) is 18.3 Å². The number of carbonyl (C=O) groups is 1. The van der Waals surface area contributed by atoms with Crippen molar-refractivity contribution >= 4 is 32.7 Å². The van der Waals surface area contributed by atoms with Crippen LogP contribution in [0.25, 0.3) is 10.9 Å². The van der Waals surface area contributed by atoms with Crippen LogP contribution in [0.15, 0.2) is 17.1 Å². The standard InChI is InChI=1S/C21H26FN3O4.CH4O3S/c1-21(2)7-4-8-24(20(21)23)16-14(22)9-12-15(18(16)29-3)25(11-5-6-11)10-13(17(12)26)19(27)28;1-5(2,3)4/h9-11,20H,4-8,23H2,1-3H3,(H,27,28);1H3,(H,2,3,4)/t20-;/m0./s1. The Morgan fingerprint density at radius 2 is 1.91 bits per heavy atom. The number of carboxylic acid groups (broad SMARTS) is 1. The minimum Gasteiger partial charge on any atom is -0.492 e. The fraction of sp³-hybridized carbons (Fsp3) is 0.545. The number of halogens is 1. The van der Waals surface area contributed by atoms with Crippen molar-refractivity contribution in [1.82, 2.24) is 4.57 Å². The Morgan fingerprint density at radius 1 is 1.32 bits per heavy atom. The average molecular weight is 500 g/mol. The molecule has 1 saturated heterocycles. The van der Waals surface area contributed by atoms with Crippen LogP contribution in [-0.2, 0) is 10.1 Å². The fourth-order valence-corrected chi connectivity index (χ4v) is 4.36. The molecule has 0 amide bonds. The smallest absolute Gasteiger partial charge is 0.341 e. The Labute approximate surface area is 196 Å². The van der Waals surface area contributed by atoms with Gasteiger partial charge in [-0.2, -0.15) is 8.42 Å². The molecular weight excluding hydrogens is 469 g/mol. The number of hydrogen-bond acceptors (Lipinski definition) is 7. The highest BCUT2D eigenvalue weighted by Crippen LogP contribution is 2.46. The third-order valence-corrected chi connectivity index (χ3v) is 6.22. The molecule has 1 saturated carbocycles. The lowest BCUT2D eigenvalue weighted by molar-refractivity contribution is 0.0694. The third-order valence-electron chi connectivity index (χ3n) is 6.22. The first-order valence-electron chi connectivity index (χ1n) is 10.8. The lowest BCUT2D eigenvalue weighted by Gasteiger charge is -2.46. The number of piperidine rings is 1. The van der Waals surface area contributed by atoms with Crippen molar-refractivity contribution in [1.29, 1.82) is 0 Å². The minimum atomic E-state index is -3.67. The number of benzene rings is 1. The monoisotopic (exact) mass is 499 g/mol. The van der Waals surface area contributed by atoms with Gasteiger partial charge in [0, 0.05) is 18.8 Å². The molecule has 2 aliphatic rings. The number of aromatic nitrogens is 1. The molecule has 0 spiro atoms. The molecule has 1 atom stereocenters. The van der Waals surface area contributed by atoms with Crippen molar-refractivity contribution in [2.75, 3.05) is 24.8 Å². The van der Waals surface area contributed by atoms with Crippen molar-refractivity contribution in [3.8, 4) is 5.75 Å². The zero-order valence-corrected chi connectivity index (χ0v) is 20.4. The molecule has 2 fully saturated rings. The summed E-state index contributed by atoms with van der Waals surface area (Å²) in [6.45, 7) is 4.67. The number of nitrogens with zero attached hydrogens (tertiary/aromatic N) is 2. The summed E-state index contributed by atoms with van der Waals surface area (Å²) in [5.74, 6) is -1.73. The zero-order chi connectivity index (χ0) is 25.6. The predicted molar refractivity (Wildman–Crippen MR) is 126 cm³/mol. The number of aromatic carboxylic acids is 1. The van der Waals surface area contributed by atoms with E-state index in [0.717, 1.165) is 31.7 Å². The van der Waals surface area contributed by atoms with Gasteiger partial charge >= 0.3 is 5.97 Å². The Kier molecular flexibility index (Phi) is 6.98. The summed E-state index contributed by atoms with van der Waals surface area (Å²) in [7, 11) is -2.23. The van der Waals surface area contributed by atoms with Gasteiger partial charge in [-0.3, -0.25) is 9.35 Å². The number of rotatable bonds is 4. The minimum absolute atomic E-state index is 0.0136. The van der Waals surface area contributed by atoms with Gasteiger partial charge in [0.2, 0.25) is 5.43 Å². The van der Waals surface area contributed by atoms with E-state index in [9.17, 15) is 23.1 Å². The van der Waals surface area contributed by atoms with Gasteiger partial charge < -0.3 is 25.0 Å². The first kappa shape index (κ1) is 25.9. The number of ether oxygens (including phenoxy) is 1. The van der Waals surface area contributed by atoms with E-state index in [4.69, 9.17) is 15.0 Å². The molecule has 1 aromatic carbocycles. The molecule has 1 aliphatic carbocycles. The summed E-state index contributed by atoms with van der Waals surface area (Å²) in [5.41, 5.74) is 5.86. The second-order valence-electron chi connectivity index (χ2n) is 9.42. The van der Waals surface area contributed by atoms with Crippen LogP contribution in [0.2, 0.25) is 0 Å². The summed E-state index contributed by atoms with van der Waals surface area (Å²) in [6.07, 6.45) is 5.16. The summed E-state index contributed by atoms with van der Waals surface area (Å²) in [6, 6.07) is 1.20. The summed E-state index contributed by atoms with van der Waals surface area (Å²) in [4.78, 5) is 26.2. The quantitative estimate of drug-likeness (QED) is 0.539. The van der Waals surface area contributed by atoms with Crippen LogP contribution in [0.5, 0.6) is 5.75 Å². The fourth-order valence-electron chi connectivity index (χ4n) is 4.36. The number of carboxylic acids is 1. The number of nitrogens with two attached hydrogens (primary N) is 1. The van der Waals surface area contributed by atoms with Crippen LogP contribution in [0, 0.1) is 11.2 Å². The van der Waals surface area contributed by atoms with Crippen LogP contribution >= 0.6 is 0 Å². The number of anilines is 1. The first-order chi connectivity index (χ1) is 15.7. The van der Waals surface area contributed by atoms with Gasteiger partial charge in [0.15, 0.2) is 11.6 Å².